The Kier molecular flexibility index (Phi) is 5.62. The van der Waals surface area contributed by atoms with Crippen molar-refractivity contribution in [1.82, 2.24) is 0 Å². The molecule has 0 spiro atoms. The highest BCUT2D eigenvalue weighted by Crippen LogP contribution is 2.26. The summed E-state index contributed by atoms with van der Waals surface area (Å²) in [5, 5.41) is 4.01. The van der Waals surface area contributed by atoms with Crippen LogP contribution in [0, 0.1) is 0 Å². The number of ether oxygens (including phenoxy) is 1. The molecule has 0 unspecified atom stereocenters. The van der Waals surface area contributed by atoms with Crippen LogP contribution in [-0.4, -0.2) is 18.6 Å². The molecule has 0 aliphatic carbocycles. The summed E-state index contributed by atoms with van der Waals surface area (Å²) >= 11 is 12.1. The van der Waals surface area contributed by atoms with E-state index in [0.717, 1.165) is 0 Å². The third-order valence-corrected chi connectivity index (χ3v) is 3.41. The average molecular weight is 324 g/mol. The van der Waals surface area contributed by atoms with Gasteiger partial charge in [0.25, 0.3) is 0 Å². The molecule has 0 saturated carbocycles. The molecule has 1 atom stereocenters. The first kappa shape index (κ1) is 15.8. The van der Waals surface area contributed by atoms with E-state index in [1.807, 2.05) is 25.1 Å². The van der Waals surface area contributed by atoms with Crippen molar-refractivity contribution in [3.63, 3.8) is 0 Å². The fourth-order valence-electron chi connectivity index (χ4n) is 1.85. The average Bonchev–Trinajstić information content (AvgIpc) is 2.50. The molecular weight excluding hydrogens is 309 g/mol. The summed E-state index contributed by atoms with van der Waals surface area (Å²) in [4.78, 5) is 12.5. The van der Waals surface area contributed by atoms with Gasteiger partial charge in [-0.2, -0.15) is 0 Å². The molecule has 0 saturated heterocycles. The standard InChI is InChI=1S/C16H15Cl2NO2/c1-2-21-16(15(20)11-6-4-3-5-7-11)19-14-10-12(17)8-9-13(14)18/h3-10,16,19H,2H2,1H3/t16-/m0/s1. The lowest BCUT2D eigenvalue weighted by atomic mass is 10.1. The largest absolute Gasteiger partial charge is 0.352 e. The van der Waals surface area contributed by atoms with Crippen molar-refractivity contribution in [2.45, 2.75) is 13.2 Å². The summed E-state index contributed by atoms with van der Waals surface area (Å²) in [5.41, 5.74) is 1.13. The molecule has 1 N–H and O–H groups in total. The fraction of sp³-hybridized carbons (Fsp3) is 0.188. The molecule has 2 aromatic rings. The maximum atomic E-state index is 12.5. The van der Waals surface area contributed by atoms with Crippen molar-refractivity contribution in [3.8, 4) is 0 Å². The molecule has 110 valence electrons. The van der Waals surface area contributed by atoms with Gasteiger partial charge in [0, 0.05) is 17.2 Å². The quantitative estimate of drug-likeness (QED) is 0.621. The van der Waals surface area contributed by atoms with Gasteiger partial charge in [-0.25, -0.2) is 0 Å². The highest BCUT2D eigenvalue weighted by atomic mass is 35.5. The molecule has 0 fully saturated rings. The van der Waals surface area contributed by atoms with E-state index in [0.29, 0.717) is 27.9 Å². The summed E-state index contributed by atoms with van der Waals surface area (Å²) in [6.07, 6.45) is -0.812. The maximum absolute atomic E-state index is 12.5. The molecular formula is C16H15Cl2NO2. The maximum Gasteiger partial charge on any atom is 0.212 e. The molecule has 0 aliphatic heterocycles. The van der Waals surface area contributed by atoms with E-state index in [-0.39, 0.29) is 5.78 Å². The van der Waals surface area contributed by atoms with Gasteiger partial charge in [-0.15, -0.1) is 0 Å². The number of anilines is 1. The van der Waals surface area contributed by atoms with E-state index in [1.165, 1.54) is 0 Å². The lowest BCUT2D eigenvalue weighted by Gasteiger charge is -2.19. The first-order valence-corrected chi connectivity index (χ1v) is 7.30. The van der Waals surface area contributed by atoms with E-state index >= 15 is 0 Å². The second-order valence-electron chi connectivity index (χ2n) is 4.33. The van der Waals surface area contributed by atoms with Gasteiger partial charge in [-0.3, -0.25) is 4.79 Å². The summed E-state index contributed by atoms with van der Waals surface area (Å²) in [7, 11) is 0. The Bertz CT molecular complexity index is 617. The van der Waals surface area contributed by atoms with Crippen LogP contribution in [0.25, 0.3) is 0 Å². The Morgan fingerprint density at radius 3 is 2.57 bits per heavy atom. The molecule has 2 aromatic carbocycles. The molecule has 0 bridgehead atoms. The Morgan fingerprint density at radius 2 is 1.90 bits per heavy atom. The van der Waals surface area contributed by atoms with Crippen molar-refractivity contribution in [3.05, 3.63) is 64.1 Å². The predicted octanol–water partition coefficient (Wildman–Crippen LogP) is 4.65. The van der Waals surface area contributed by atoms with E-state index in [1.54, 1.807) is 30.3 Å². The van der Waals surface area contributed by atoms with Crippen LogP contribution >= 0.6 is 23.2 Å². The monoisotopic (exact) mass is 323 g/mol. The van der Waals surface area contributed by atoms with Crippen molar-refractivity contribution in [2.75, 3.05) is 11.9 Å². The molecule has 5 heteroatoms. The third kappa shape index (κ3) is 4.21. The molecule has 0 heterocycles. The van der Waals surface area contributed by atoms with Gasteiger partial charge < -0.3 is 10.1 Å². The lowest BCUT2D eigenvalue weighted by Crippen LogP contribution is -2.32. The van der Waals surface area contributed by atoms with E-state index in [2.05, 4.69) is 5.32 Å². The van der Waals surface area contributed by atoms with Gasteiger partial charge in [0.05, 0.1) is 10.7 Å². The molecule has 0 aromatic heterocycles. The number of hydrogen-bond acceptors (Lipinski definition) is 3. The number of nitrogens with one attached hydrogen (secondary N) is 1. The molecule has 0 aliphatic rings. The summed E-state index contributed by atoms with van der Waals surface area (Å²) in [6, 6.07) is 14.0. The van der Waals surface area contributed by atoms with Gasteiger partial charge in [0.1, 0.15) is 0 Å². The first-order valence-electron chi connectivity index (χ1n) is 6.54. The van der Waals surface area contributed by atoms with Gasteiger partial charge >= 0.3 is 0 Å². The zero-order valence-corrected chi connectivity index (χ0v) is 13.0. The Labute approximate surface area is 133 Å². The number of carbonyl (C=O) groups is 1. The minimum Gasteiger partial charge on any atom is -0.352 e. The lowest BCUT2D eigenvalue weighted by molar-refractivity contribution is 0.0550. The minimum atomic E-state index is -0.812. The highest BCUT2D eigenvalue weighted by molar-refractivity contribution is 6.35. The van der Waals surface area contributed by atoms with Crippen LogP contribution in [0.2, 0.25) is 10.0 Å². The number of benzene rings is 2. The van der Waals surface area contributed by atoms with Crippen molar-refractivity contribution in [2.24, 2.45) is 0 Å². The van der Waals surface area contributed by atoms with E-state index < -0.39 is 6.23 Å². The van der Waals surface area contributed by atoms with Crippen LogP contribution in [-0.2, 0) is 4.74 Å². The number of Topliss-reactive ketones (excluding diaryl/α,β-unsaturated/α-hetero) is 1. The molecule has 0 radical (unpaired) electrons. The Morgan fingerprint density at radius 1 is 1.19 bits per heavy atom. The summed E-state index contributed by atoms with van der Waals surface area (Å²) in [6.45, 7) is 2.22. The normalized spacial score (nSPS) is 12.0. The van der Waals surface area contributed by atoms with Crippen LogP contribution < -0.4 is 5.32 Å². The Balaban J connectivity index is 2.23. The SMILES string of the molecule is CCO[C@H](Nc1cc(Cl)ccc1Cl)C(=O)c1ccccc1. The first-order chi connectivity index (χ1) is 10.1. The number of halogens is 2. The minimum absolute atomic E-state index is 0.159. The molecule has 2 rings (SSSR count). The number of hydrogen-bond donors (Lipinski definition) is 1. The van der Waals surface area contributed by atoms with E-state index in [9.17, 15) is 4.79 Å². The fourth-order valence-corrected chi connectivity index (χ4v) is 2.20. The second kappa shape index (κ2) is 7.46. The highest BCUT2D eigenvalue weighted by Gasteiger charge is 2.21. The third-order valence-electron chi connectivity index (χ3n) is 2.84. The van der Waals surface area contributed by atoms with Crippen molar-refractivity contribution >= 4 is 34.7 Å². The van der Waals surface area contributed by atoms with Crippen molar-refractivity contribution in [1.29, 1.82) is 0 Å². The number of carbonyl (C=O) groups excluding carboxylic acids is 1. The van der Waals surface area contributed by atoms with Gasteiger partial charge in [0.15, 0.2) is 6.23 Å². The van der Waals surface area contributed by atoms with Crippen LogP contribution in [0.1, 0.15) is 17.3 Å². The zero-order chi connectivity index (χ0) is 15.2. The molecule has 21 heavy (non-hydrogen) atoms. The van der Waals surface area contributed by atoms with E-state index in [4.69, 9.17) is 27.9 Å². The van der Waals surface area contributed by atoms with Crippen LogP contribution in [0.15, 0.2) is 48.5 Å². The summed E-state index contributed by atoms with van der Waals surface area (Å²) < 4.78 is 5.49. The zero-order valence-electron chi connectivity index (χ0n) is 11.5. The predicted molar refractivity (Wildman–Crippen MR) is 86.3 cm³/mol. The van der Waals surface area contributed by atoms with Crippen LogP contribution in [0.5, 0.6) is 0 Å². The van der Waals surface area contributed by atoms with Gasteiger partial charge in [0.2, 0.25) is 5.78 Å². The number of rotatable bonds is 6. The summed E-state index contributed by atoms with van der Waals surface area (Å²) in [5.74, 6) is -0.159. The van der Waals surface area contributed by atoms with Gasteiger partial charge in [-0.05, 0) is 25.1 Å². The smallest absolute Gasteiger partial charge is 0.212 e. The van der Waals surface area contributed by atoms with Crippen LogP contribution in [0.3, 0.4) is 0 Å². The van der Waals surface area contributed by atoms with Crippen LogP contribution in [0.4, 0.5) is 5.69 Å². The Hall–Kier alpha value is -1.55. The molecule has 0 amide bonds. The number of ketones is 1. The topological polar surface area (TPSA) is 38.3 Å². The van der Waals surface area contributed by atoms with Gasteiger partial charge in [-0.1, -0.05) is 53.5 Å². The molecule has 3 nitrogen and oxygen atoms in total. The van der Waals surface area contributed by atoms with Crippen molar-refractivity contribution < 1.29 is 9.53 Å². The second-order valence-corrected chi connectivity index (χ2v) is 5.18.